The molecule has 0 radical (unpaired) electrons. The van der Waals surface area contributed by atoms with E-state index in [1.807, 2.05) is 0 Å². The fraction of sp³-hybridized carbons (Fsp3) is 0. The molecule has 2 heterocycles. The molecule has 0 atom stereocenters. The Labute approximate surface area is 66.7 Å². The predicted molar refractivity (Wildman–Crippen MR) is 42.0 cm³/mol. The van der Waals surface area contributed by atoms with E-state index in [1.54, 1.807) is 17.9 Å². The third-order valence-corrected chi connectivity index (χ3v) is 1.99. The molecule has 0 unspecified atom stereocenters. The maximum atomic E-state index is 5.29. The zero-order valence-corrected chi connectivity index (χ0v) is 6.34. The van der Waals surface area contributed by atoms with Gasteiger partial charge in [0, 0.05) is 6.20 Å². The fourth-order valence-electron chi connectivity index (χ4n) is 0.739. The largest absolute Gasteiger partial charge is 0.423 e. The van der Waals surface area contributed by atoms with Gasteiger partial charge in [0.25, 0.3) is 6.01 Å². The van der Waals surface area contributed by atoms with E-state index in [9.17, 15) is 0 Å². The van der Waals surface area contributed by atoms with Crippen LogP contribution in [-0.2, 0) is 0 Å². The number of thiazole rings is 1. The van der Waals surface area contributed by atoms with Crippen molar-refractivity contribution in [2.45, 2.75) is 0 Å². The van der Waals surface area contributed by atoms with E-state index in [-0.39, 0.29) is 6.01 Å². The Morgan fingerprint density at radius 1 is 1.45 bits per heavy atom. The minimum atomic E-state index is 0.188. The maximum absolute atomic E-state index is 5.29. The SMILES string of the molecule is Nc1ncc(-c2cncs2)o1. The van der Waals surface area contributed by atoms with Crippen LogP contribution >= 0.6 is 11.3 Å². The molecule has 0 aliphatic rings. The van der Waals surface area contributed by atoms with E-state index >= 15 is 0 Å². The van der Waals surface area contributed by atoms with Crippen molar-refractivity contribution in [2.75, 3.05) is 5.73 Å². The molecule has 0 fully saturated rings. The van der Waals surface area contributed by atoms with Crippen LogP contribution in [0.2, 0.25) is 0 Å². The van der Waals surface area contributed by atoms with Crippen molar-refractivity contribution in [3.05, 3.63) is 17.9 Å². The minimum Gasteiger partial charge on any atom is -0.423 e. The van der Waals surface area contributed by atoms with Gasteiger partial charge < -0.3 is 10.2 Å². The molecule has 11 heavy (non-hydrogen) atoms. The Hall–Kier alpha value is -1.36. The van der Waals surface area contributed by atoms with Crippen molar-refractivity contribution in [2.24, 2.45) is 0 Å². The van der Waals surface area contributed by atoms with Gasteiger partial charge in [0.2, 0.25) is 0 Å². The molecule has 0 aliphatic heterocycles. The van der Waals surface area contributed by atoms with Crippen LogP contribution in [0.4, 0.5) is 6.01 Å². The number of oxazole rings is 1. The molecule has 0 amide bonds. The summed E-state index contributed by atoms with van der Waals surface area (Å²) in [7, 11) is 0. The summed E-state index contributed by atoms with van der Waals surface area (Å²) in [5.41, 5.74) is 7.02. The van der Waals surface area contributed by atoms with Crippen molar-refractivity contribution in [1.29, 1.82) is 0 Å². The standard InChI is InChI=1S/C6H5N3OS/c7-6-9-1-4(10-6)5-2-8-3-11-5/h1-3H,(H2,7,9). The second-order valence-corrected chi connectivity index (χ2v) is 2.81. The average Bonchev–Trinajstić information content (AvgIpc) is 2.55. The van der Waals surface area contributed by atoms with Gasteiger partial charge in [-0.1, -0.05) is 0 Å². The number of anilines is 1. The molecule has 2 aromatic heterocycles. The second kappa shape index (κ2) is 2.35. The van der Waals surface area contributed by atoms with Crippen LogP contribution in [0.15, 0.2) is 22.3 Å². The lowest BCUT2D eigenvalue weighted by Crippen LogP contribution is -1.79. The van der Waals surface area contributed by atoms with Crippen molar-refractivity contribution in [3.8, 4) is 10.6 Å². The number of nitrogens with zero attached hydrogens (tertiary/aromatic N) is 2. The highest BCUT2D eigenvalue weighted by atomic mass is 32.1. The second-order valence-electron chi connectivity index (χ2n) is 1.93. The molecule has 0 aromatic carbocycles. The molecule has 5 heteroatoms. The summed E-state index contributed by atoms with van der Waals surface area (Å²) < 4.78 is 5.06. The molecule has 0 saturated heterocycles. The van der Waals surface area contributed by atoms with Crippen LogP contribution in [0.25, 0.3) is 10.6 Å². The third-order valence-electron chi connectivity index (χ3n) is 1.20. The molecule has 56 valence electrons. The maximum Gasteiger partial charge on any atom is 0.292 e. The van der Waals surface area contributed by atoms with Crippen LogP contribution in [-0.4, -0.2) is 9.97 Å². The van der Waals surface area contributed by atoms with Crippen LogP contribution in [0.5, 0.6) is 0 Å². The molecular weight excluding hydrogens is 162 g/mol. The summed E-state index contributed by atoms with van der Waals surface area (Å²) in [6.07, 6.45) is 3.30. The lowest BCUT2D eigenvalue weighted by molar-refractivity contribution is 0.596. The third kappa shape index (κ3) is 1.10. The smallest absolute Gasteiger partial charge is 0.292 e. The number of rotatable bonds is 1. The van der Waals surface area contributed by atoms with Gasteiger partial charge in [0.05, 0.1) is 16.6 Å². The monoisotopic (exact) mass is 167 g/mol. The summed E-state index contributed by atoms with van der Waals surface area (Å²) >= 11 is 1.49. The lowest BCUT2D eigenvalue weighted by atomic mass is 10.4. The van der Waals surface area contributed by atoms with Crippen LogP contribution < -0.4 is 5.73 Å². The fourth-order valence-corrected chi connectivity index (χ4v) is 1.31. The summed E-state index contributed by atoms with van der Waals surface area (Å²) in [6.45, 7) is 0. The summed E-state index contributed by atoms with van der Waals surface area (Å²) in [6, 6.07) is 0.188. The number of hydrogen-bond donors (Lipinski definition) is 1. The van der Waals surface area contributed by atoms with Crippen LogP contribution in [0, 0.1) is 0 Å². The molecule has 2 N–H and O–H groups in total. The highest BCUT2D eigenvalue weighted by Gasteiger charge is 2.03. The number of hydrogen-bond acceptors (Lipinski definition) is 5. The molecule has 2 rings (SSSR count). The highest BCUT2D eigenvalue weighted by molar-refractivity contribution is 7.13. The number of aromatic nitrogens is 2. The summed E-state index contributed by atoms with van der Waals surface area (Å²) in [4.78, 5) is 8.60. The molecule has 0 spiro atoms. The van der Waals surface area contributed by atoms with E-state index in [0.717, 1.165) is 4.88 Å². The lowest BCUT2D eigenvalue weighted by Gasteiger charge is -1.83. The molecule has 0 aliphatic carbocycles. The predicted octanol–water partition coefficient (Wildman–Crippen LogP) is 1.38. The zero-order valence-electron chi connectivity index (χ0n) is 5.52. The van der Waals surface area contributed by atoms with Gasteiger partial charge in [-0.25, -0.2) is 4.98 Å². The van der Waals surface area contributed by atoms with Gasteiger partial charge in [-0.05, 0) is 0 Å². The zero-order chi connectivity index (χ0) is 7.68. The topological polar surface area (TPSA) is 64.9 Å². The minimum absolute atomic E-state index is 0.188. The van der Waals surface area contributed by atoms with E-state index < -0.39 is 0 Å². The van der Waals surface area contributed by atoms with Crippen molar-refractivity contribution in [3.63, 3.8) is 0 Å². The van der Waals surface area contributed by atoms with E-state index in [0.29, 0.717) is 5.76 Å². The quantitative estimate of drug-likeness (QED) is 0.696. The first kappa shape index (κ1) is 6.36. The van der Waals surface area contributed by atoms with Crippen molar-refractivity contribution >= 4 is 17.4 Å². The summed E-state index contributed by atoms with van der Waals surface area (Å²) in [5, 5.41) is 0. The Kier molecular flexibility index (Phi) is 1.36. The molecule has 2 aromatic rings. The Bertz CT molecular complexity index is 340. The van der Waals surface area contributed by atoms with E-state index in [1.165, 1.54) is 11.3 Å². The van der Waals surface area contributed by atoms with Gasteiger partial charge in [-0.3, -0.25) is 4.98 Å². The van der Waals surface area contributed by atoms with Crippen LogP contribution in [0.1, 0.15) is 0 Å². The van der Waals surface area contributed by atoms with Gasteiger partial charge >= 0.3 is 0 Å². The molecule has 4 nitrogen and oxygen atoms in total. The summed E-state index contributed by atoms with van der Waals surface area (Å²) in [5.74, 6) is 0.671. The van der Waals surface area contributed by atoms with Gasteiger partial charge in [-0.15, -0.1) is 11.3 Å². The first-order valence-electron chi connectivity index (χ1n) is 2.96. The van der Waals surface area contributed by atoms with Gasteiger partial charge in [-0.2, -0.15) is 0 Å². The molecular formula is C6H5N3OS. The van der Waals surface area contributed by atoms with Crippen molar-refractivity contribution in [1.82, 2.24) is 9.97 Å². The highest BCUT2D eigenvalue weighted by Crippen LogP contribution is 2.23. The van der Waals surface area contributed by atoms with Crippen molar-refractivity contribution < 1.29 is 4.42 Å². The Morgan fingerprint density at radius 3 is 2.91 bits per heavy atom. The van der Waals surface area contributed by atoms with Gasteiger partial charge in [0.1, 0.15) is 0 Å². The normalized spacial score (nSPS) is 10.2. The molecule has 0 saturated carbocycles. The van der Waals surface area contributed by atoms with Gasteiger partial charge in [0.15, 0.2) is 5.76 Å². The number of nitrogen functional groups attached to an aromatic ring is 1. The molecule has 0 bridgehead atoms. The van der Waals surface area contributed by atoms with E-state index in [4.69, 9.17) is 10.2 Å². The van der Waals surface area contributed by atoms with E-state index in [2.05, 4.69) is 9.97 Å². The Balaban J connectivity index is 2.45. The Morgan fingerprint density at radius 2 is 2.36 bits per heavy atom. The first-order valence-corrected chi connectivity index (χ1v) is 3.84. The average molecular weight is 167 g/mol. The van der Waals surface area contributed by atoms with Crippen LogP contribution in [0.3, 0.4) is 0 Å². The first-order chi connectivity index (χ1) is 5.36. The number of nitrogens with two attached hydrogens (primary N) is 1.